The van der Waals surface area contributed by atoms with Gasteiger partial charge >= 0.3 is 0 Å². The fourth-order valence-corrected chi connectivity index (χ4v) is 1.85. The quantitative estimate of drug-likeness (QED) is 0.645. The van der Waals surface area contributed by atoms with Gasteiger partial charge in [-0.1, -0.05) is 6.07 Å². The maximum Gasteiger partial charge on any atom is 0.168 e. The SMILES string of the molecule is Cc1cc(-c2nnc3ccccn23)ccc1N. The number of nitrogens with zero attached hydrogens (tertiary/aromatic N) is 3. The fourth-order valence-electron chi connectivity index (χ4n) is 1.85. The Kier molecular flexibility index (Phi) is 2.08. The summed E-state index contributed by atoms with van der Waals surface area (Å²) >= 11 is 0. The van der Waals surface area contributed by atoms with Crippen molar-refractivity contribution < 1.29 is 0 Å². The Hall–Kier alpha value is -2.36. The molecule has 2 N–H and O–H groups in total. The van der Waals surface area contributed by atoms with E-state index in [0.717, 1.165) is 28.3 Å². The van der Waals surface area contributed by atoms with Gasteiger partial charge in [-0.05, 0) is 42.8 Å². The van der Waals surface area contributed by atoms with Gasteiger partial charge in [0.25, 0.3) is 0 Å². The van der Waals surface area contributed by atoms with E-state index in [4.69, 9.17) is 5.73 Å². The maximum absolute atomic E-state index is 5.81. The second-order valence-corrected chi connectivity index (χ2v) is 4.02. The Morgan fingerprint density at radius 1 is 1.12 bits per heavy atom. The third kappa shape index (κ3) is 1.54. The topological polar surface area (TPSA) is 56.2 Å². The molecular formula is C13H12N4. The van der Waals surface area contributed by atoms with E-state index in [1.165, 1.54) is 0 Å². The summed E-state index contributed by atoms with van der Waals surface area (Å²) in [6, 6.07) is 11.7. The van der Waals surface area contributed by atoms with Crippen molar-refractivity contribution in [1.82, 2.24) is 14.6 Å². The molecule has 0 saturated heterocycles. The molecule has 0 spiro atoms. The van der Waals surface area contributed by atoms with E-state index in [0.29, 0.717) is 0 Å². The van der Waals surface area contributed by atoms with Crippen molar-refractivity contribution in [3.8, 4) is 11.4 Å². The minimum Gasteiger partial charge on any atom is -0.399 e. The van der Waals surface area contributed by atoms with Crippen LogP contribution in [0.15, 0.2) is 42.6 Å². The van der Waals surface area contributed by atoms with Gasteiger partial charge in [-0.3, -0.25) is 4.40 Å². The molecular weight excluding hydrogens is 212 g/mol. The molecule has 2 aromatic heterocycles. The lowest BCUT2D eigenvalue weighted by Gasteiger charge is -2.03. The van der Waals surface area contributed by atoms with Crippen molar-refractivity contribution in [2.24, 2.45) is 0 Å². The molecule has 1 aromatic carbocycles. The van der Waals surface area contributed by atoms with Crippen LogP contribution in [0.3, 0.4) is 0 Å². The average Bonchev–Trinajstić information content (AvgIpc) is 2.76. The standard InChI is InChI=1S/C13H12N4/c1-9-8-10(5-6-11(9)14)13-16-15-12-4-2-3-7-17(12)13/h2-8H,14H2,1H3. The first-order valence-corrected chi connectivity index (χ1v) is 5.42. The molecule has 4 nitrogen and oxygen atoms in total. The number of aryl methyl sites for hydroxylation is 1. The van der Waals surface area contributed by atoms with Crippen molar-refractivity contribution in [3.63, 3.8) is 0 Å². The van der Waals surface area contributed by atoms with Crippen LogP contribution in [0.5, 0.6) is 0 Å². The highest BCUT2D eigenvalue weighted by Crippen LogP contribution is 2.22. The van der Waals surface area contributed by atoms with Crippen LogP contribution in [0.4, 0.5) is 5.69 Å². The highest BCUT2D eigenvalue weighted by atomic mass is 15.2. The minimum atomic E-state index is 0.794. The molecule has 17 heavy (non-hydrogen) atoms. The molecule has 0 radical (unpaired) electrons. The number of nitrogen functional groups attached to an aromatic ring is 1. The molecule has 3 aromatic rings. The van der Waals surface area contributed by atoms with Crippen LogP contribution in [0, 0.1) is 6.92 Å². The van der Waals surface area contributed by atoms with Gasteiger partial charge in [0.05, 0.1) is 0 Å². The predicted octanol–water partition coefficient (Wildman–Crippen LogP) is 2.29. The van der Waals surface area contributed by atoms with E-state index in [9.17, 15) is 0 Å². The van der Waals surface area contributed by atoms with Crippen LogP contribution in [-0.4, -0.2) is 14.6 Å². The Labute approximate surface area is 98.7 Å². The Morgan fingerprint density at radius 2 is 2.00 bits per heavy atom. The van der Waals surface area contributed by atoms with E-state index >= 15 is 0 Å². The average molecular weight is 224 g/mol. The van der Waals surface area contributed by atoms with E-state index in [2.05, 4.69) is 10.2 Å². The number of nitrogens with two attached hydrogens (primary N) is 1. The first-order chi connectivity index (χ1) is 8.25. The number of pyridine rings is 1. The molecule has 3 rings (SSSR count). The molecule has 2 heterocycles. The lowest BCUT2D eigenvalue weighted by atomic mass is 10.1. The maximum atomic E-state index is 5.81. The smallest absolute Gasteiger partial charge is 0.168 e. The van der Waals surface area contributed by atoms with Crippen molar-refractivity contribution in [2.45, 2.75) is 6.92 Å². The third-order valence-electron chi connectivity index (χ3n) is 2.84. The predicted molar refractivity (Wildman–Crippen MR) is 67.6 cm³/mol. The molecule has 0 saturated carbocycles. The van der Waals surface area contributed by atoms with Gasteiger partial charge in [0, 0.05) is 17.4 Å². The molecule has 84 valence electrons. The van der Waals surface area contributed by atoms with Gasteiger partial charge in [0.2, 0.25) is 0 Å². The molecule has 0 aliphatic heterocycles. The molecule has 0 aliphatic carbocycles. The normalized spacial score (nSPS) is 10.9. The highest BCUT2D eigenvalue weighted by molar-refractivity contribution is 5.64. The van der Waals surface area contributed by atoms with Crippen molar-refractivity contribution in [2.75, 3.05) is 5.73 Å². The summed E-state index contributed by atoms with van der Waals surface area (Å²) < 4.78 is 1.96. The molecule has 0 fully saturated rings. The van der Waals surface area contributed by atoms with Crippen molar-refractivity contribution >= 4 is 11.3 Å². The Bertz CT molecular complexity index is 685. The lowest BCUT2D eigenvalue weighted by Crippen LogP contribution is -1.92. The van der Waals surface area contributed by atoms with Crippen LogP contribution in [0.2, 0.25) is 0 Å². The zero-order valence-corrected chi connectivity index (χ0v) is 9.46. The van der Waals surface area contributed by atoms with Crippen molar-refractivity contribution in [1.29, 1.82) is 0 Å². The number of aromatic nitrogens is 3. The fraction of sp³-hybridized carbons (Fsp3) is 0.0769. The number of benzene rings is 1. The van der Waals surface area contributed by atoms with E-state index in [-0.39, 0.29) is 0 Å². The Morgan fingerprint density at radius 3 is 2.82 bits per heavy atom. The van der Waals surface area contributed by atoms with Crippen LogP contribution >= 0.6 is 0 Å². The summed E-state index contributed by atoms with van der Waals surface area (Å²) in [5, 5.41) is 8.34. The molecule has 0 atom stereocenters. The van der Waals surface area contributed by atoms with Crippen molar-refractivity contribution in [3.05, 3.63) is 48.2 Å². The summed E-state index contributed by atoms with van der Waals surface area (Å²) in [6.07, 6.45) is 1.95. The molecule has 0 unspecified atom stereocenters. The van der Waals surface area contributed by atoms with Crippen LogP contribution in [0.1, 0.15) is 5.56 Å². The zero-order chi connectivity index (χ0) is 11.8. The van der Waals surface area contributed by atoms with Gasteiger partial charge in [-0.25, -0.2) is 0 Å². The molecule has 0 aliphatic rings. The lowest BCUT2D eigenvalue weighted by molar-refractivity contribution is 1.11. The molecule has 0 bridgehead atoms. The number of fused-ring (bicyclic) bond motifs is 1. The third-order valence-corrected chi connectivity index (χ3v) is 2.84. The summed E-state index contributed by atoms with van der Waals surface area (Å²) in [5.41, 5.74) is 9.52. The monoisotopic (exact) mass is 224 g/mol. The van der Waals surface area contributed by atoms with Gasteiger partial charge in [-0.2, -0.15) is 0 Å². The second-order valence-electron chi connectivity index (χ2n) is 4.02. The van der Waals surface area contributed by atoms with Crippen LogP contribution < -0.4 is 5.73 Å². The zero-order valence-electron chi connectivity index (χ0n) is 9.46. The number of hydrogen-bond acceptors (Lipinski definition) is 3. The van der Waals surface area contributed by atoms with E-state index < -0.39 is 0 Å². The second kappa shape index (κ2) is 3.59. The first-order valence-electron chi connectivity index (χ1n) is 5.42. The van der Waals surface area contributed by atoms with Crippen LogP contribution in [-0.2, 0) is 0 Å². The summed E-state index contributed by atoms with van der Waals surface area (Å²) in [7, 11) is 0. The summed E-state index contributed by atoms with van der Waals surface area (Å²) in [6.45, 7) is 1.99. The molecule has 0 amide bonds. The van der Waals surface area contributed by atoms with Crippen LogP contribution in [0.25, 0.3) is 17.0 Å². The van der Waals surface area contributed by atoms with Gasteiger partial charge in [-0.15, -0.1) is 10.2 Å². The number of rotatable bonds is 1. The first kappa shape index (κ1) is 9.84. The van der Waals surface area contributed by atoms with Gasteiger partial charge in [0.1, 0.15) is 0 Å². The van der Waals surface area contributed by atoms with E-state index in [1.54, 1.807) is 0 Å². The Balaban J connectivity index is 2.24. The van der Waals surface area contributed by atoms with Gasteiger partial charge in [0.15, 0.2) is 11.5 Å². The number of hydrogen-bond donors (Lipinski definition) is 1. The van der Waals surface area contributed by atoms with Gasteiger partial charge < -0.3 is 5.73 Å². The highest BCUT2D eigenvalue weighted by Gasteiger charge is 2.07. The molecule has 4 heteroatoms. The summed E-state index contributed by atoms with van der Waals surface area (Å²) in [5.74, 6) is 0.837. The minimum absolute atomic E-state index is 0.794. The summed E-state index contributed by atoms with van der Waals surface area (Å²) in [4.78, 5) is 0. The number of anilines is 1. The largest absolute Gasteiger partial charge is 0.399 e. The van der Waals surface area contributed by atoms with E-state index in [1.807, 2.05) is 53.9 Å².